The summed E-state index contributed by atoms with van der Waals surface area (Å²) in [6, 6.07) is 7.67. The molecule has 2 amide bonds. The molecule has 2 rings (SSSR count). The van der Waals surface area contributed by atoms with E-state index in [9.17, 15) is 9.59 Å². The minimum atomic E-state index is -0.127. The maximum absolute atomic E-state index is 12.3. The fourth-order valence-electron chi connectivity index (χ4n) is 2.85. The summed E-state index contributed by atoms with van der Waals surface area (Å²) in [6.45, 7) is 1.56. The molecule has 0 spiro atoms. The molecule has 0 radical (unpaired) electrons. The molecule has 0 aromatic heterocycles. The first-order valence-corrected chi connectivity index (χ1v) is 8.68. The second kappa shape index (κ2) is 8.32. The smallest absolute Gasteiger partial charge is 0.240 e. The van der Waals surface area contributed by atoms with E-state index in [4.69, 9.17) is 0 Å². The minimum absolute atomic E-state index is 0.0769. The van der Waals surface area contributed by atoms with E-state index in [2.05, 4.69) is 21.2 Å². The van der Waals surface area contributed by atoms with Crippen LogP contribution in [-0.4, -0.2) is 24.4 Å². The van der Waals surface area contributed by atoms with E-state index in [-0.39, 0.29) is 24.4 Å². The first kappa shape index (κ1) is 17.0. The van der Waals surface area contributed by atoms with Gasteiger partial charge in [-0.25, -0.2) is 0 Å². The Hall–Kier alpha value is -1.36. The van der Waals surface area contributed by atoms with E-state index >= 15 is 0 Å². The van der Waals surface area contributed by atoms with E-state index in [0.717, 1.165) is 23.0 Å². The van der Waals surface area contributed by atoms with E-state index in [1.807, 2.05) is 24.3 Å². The largest absolute Gasteiger partial charge is 0.352 e. The zero-order chi connectivity index (χ0) is 15.9. The van der Waals surface area contributed by atoms with E-state index in [0.29, 0.717) is 0 Å². The molecule has 120 valence electrons. The number of amides is 2. The van der Waals surface area contributed by atoms with Gasteiger partial charge >= 0.3 is 0 Å². The Morgan fingerprint density at radius 1 is 1.14 bits per heavy atom. The molecule has 0 atom stereocenters. The molecule has 1 N–H and O–H groups in total. The van der Waals surface area contributed by atoms with Crippen molar-refractivity contribution < 1.29 is 9.59 Å². The highest BCUT2D eigenvalue weighted by Gasteiger charge is 2.19. The lowest BCUT2D eigenvalue weighted by atomic mass is 10.1. The van der Waals surface area contributed by atoms with Crippen LogP contribution in [0.15, 0.2) is 28.7 Å². The fourth-order valence-corrected chi connectivity index (χ4v) is 3.11. The van der Waals surface area contributed by atoms with Gasteiger partial charge in [-0.05, 0) is 37.1 Å². The molecule has 0 heterocycles. The van der Waals surface area contributed by atoms with Crippen molar-refractivity contribution in [1.82, 2.24) is 5.32 Å². The fraction of sp³-hybridized carbons (Fsp3) is 0.529. The van der Waals surface area contributed by atoms with E-state index in [1.54, 1.807) is 0 Å². The van der Waals surface area contributed by atoms with Crippen molar-refractivity contribution in [2.75, 3.05) is 11.4 Å². The lowest BCUT2D eigenvalue weighted by Crippen LogP contribution is -2.43. The summed E-state index contributed by atoms with van der Waals surface area (Å²) in [5.41, 5.74) is 0.742. The van der Waals surface area contributed by atoms with Crippen LogP contribution in [0.2, 0.25) is 0 Å². The Morgan fingerprint density at radius 2 is 1.73 bits per heavy atom. The molecule has 1 saturated carbocycles. The Kier molecular flexibility index (Phi) is 6.43. The Bertz CT molecular complexity index is 508. The summed E-state index contributed by atoms with van der Waals surface area (Å²) in [6.07, 6.45) is 6.95. The number of anilines is 1. The first-order valence-electron chi connectivity index (χ1n) is 7.89. The molecule has 0 unspecified atom stereocenters. The van der Waals surface area contributed by atoms with Gasteiger partial charge in [0.1, 0.15) is 6.54 Å². The quantitative estimate of drug-likeness (QED) is 0.826. The van der Waals surface area contributed by atoms with Gasteiger partial charge in [0.2, 0.25) is 11.8 Å². The predicted molar refractivity (Wildman–Crippen MR) is 91.8 cm³/mol. The van der Waals surface area contributed by atoms with E-state index in [1.165, 1.54) is 37.5 Å². The number of hydrogen-bond donors (Lipinski definition) is 1. The molecule has 0 bridgehead atoms. The summed E-state index contributed by atoms with van der Waals surface area (Å²) in [5.74, 6) is -0.205. The van der Waals surface area contributed by atoms with Crippen molar-refractivity contribution in [2.45, 2.75) is 51.5 Å². The number of benzene rings is 1. The van der Waals surface area contributed by atoms with Gasteiger partial charge in [0.15, 0.2) is 0 Å². The van der Waals surface area contributed by atoms with Crippen LogP contribution in [0, 0.1) is 0 Å². The van der Waals surface area contributed by atoms with Crippen molar-refractivity contribution >= 4 is 33.4 Å². The summed E-state index contributed by atoms with van der Waals surface area (Å²) >= 11 is 3.37. The van der Waals surface area contributed by atoms with Gasteiger partial charge in [0, 0.05) is 23.1 Å². The summed E-state index contributed by atoms with van der Waals surface area (Å²) < 4.78 is 0.947. The third kappa shape index (κ3) is 5.13. The van der Waals surface area contributed by atoms with Crippen LogP contribution in [0.5, 0.6) is 0 Å². The monoisotopic (exact) mass is 366 g/mol. The molecule has 0 saturated heterocycles. The van der Waals surface area contributed by atoms with Crippen LogP contribution in [-0.2, 0) is 9.59 Å². The topological polar surface area (TPSA) is 49.4 Å². The predicted octanol–water partition coefficient (Wildman–Crippen LogP) is 3.64. The highest BCUT2D eigenvalue weighted by molar-refractivity contribution is 9.10. The maximum Gasteiger partial charge on any atom is 0.240 e. The van der Waals surface area contributed by atoms with Gasteiger partial charge in [-0.3, -0.25) is 9.59 Å². The van der Waals surface area contributed by atoms with Gasteiger partial charge in [-0.1, -0.05) is 41.6 Å². The van der Waals surface area contributed by atoms with Crippen molar-refractivity contribution in [2.24, 2.45) is 0 Å². The SMILES string of the molecule is CC(=O)N(CC(=O)NC1CCCCCC1)c1ccc(Br)cc1. The molecule has 4 nitrogen and oxygen atoms in total. The van der Waals surface area contributed by atoms with Crippen LogP contribution >= 0.6 is 15.9 Å². The summed E-state index contributed by atoms with van der Waals surface area (Å²) in [7, 11) is 0. The Balaban J connectivity index is 1.96. The van der Waals surface area contributed by atoms with Crippen molar-refractivity contribution in [3.8, 4) is 0 Å². The number of nitrogens with one attached hydrogen (secondary N) is 1. The average molecular weight is 367 g/mol. The van der Waals surface area contributed by atoms with Gasteiger partial charge in [0.05, 0.1) is 0 Å². The Labute approximate surface area is 140 Å². The van der Waals surface area contributed by atoms with Crippen molar-refractivity contribution in [1.29, 1.82) is 0 Å². The van der Waals surface area contributed by atoms with Crippen LogP contribution in [0.25, 0.3) is 0 Å². The van der Waals surface area contributed by atoms with Gasteiger partial charge in [-0.2, -0.15) is 0 Å². The molecule has 1 aromatic rings. The van der Waals surface area contributed by atoms with Crippen LogP contribution in [0.4, 0.5) is 5.69 Å². The number of carbonyl (C=O) groups is 2. The highest BCUT2D eigenvalue weighted by atomic mass is 79.9. The number of nitrogens with zero attached hydrogens (tertiary/aromatic N) is 1. The molecular weight excluding hydrogens is 344 g/mol. The van der Waals surface area contributed by atoms with Gasteiger partial charge in [-0.15, -0.1) is 0 Å². The van der Waals surface area contributed by atoms with Gasteiger partial charge in [0.25, 0.3) is 0 Å². The molecule has 1 fully saturated rings. The highest BCUT2D eigenvalue weighted by Crippen LogP contribution is 2.19. The van der Waals surface area contributed by atoms with Crippen LogP contribution in [0.1, 0.15) is 45.4 Å². The third-order valence-electron chi connectivity index (χ3n) is 4.04. The molecule has 1 aliphatic rings. The standard InChI is InChI=1S/C17H23BrN2O2/c1-13(21)20(16-10-8-14(18)9-11-16)12-17(22)19-15-6-4-2-3-5-7-15/h8-11,15H,2-7,12H2,1H3,(H,19,22). The Morgan fingerprint density at radius 3 is 2.27 bits per heavy atom. The molecule has 0 aliphatic heterocycles. The number of carbonyl (C=O) groups excluding carboxylic acids is 2. The van der Waals surface area contributed by atoms with Gasteiger partial charge < -0.3 is 10.2 Å². The summed E-state index contributed by atoms with van der Waals surface area (Å²) in [4.78, 5) is 25.6. The normalized spacial score (nSPS) is 15.9. The average Bonchev–Trinajstić information content (AvgIpc) is 2.74. The summed E-state index contributed by atoms with van der Waals surface area (Å²) in [5, 5.41) is 3.08. The molecular formula is C17H23BrN2O2. The number of halogens is 1. The second-order valence-electron chi connectivity index (χ2n) is 5.84. The number of hydrogen-bond acceptors (Lipinski definition) is 2. The molecule has 1 aromatic carbocycles. The van der Waals surface area contributed by atoms with Crippen molar-refractivity contribution in [3.63, 3.8) is 0 Å². The minimum Gasteiger partial charge on any atom is -0.352 e. The zero-order valence-corrected chi connectivity index (χ0v) is 14.6. The zero-order valence-electron chi connectivity index (χ0n) is 13.0. The molecule has 22 heavy (non-hydrogen) atoms. The molecule has 5 heteroatoms. The lowest BCUT2D eigenvalue weighted by Gasteiger charge is -2.23. The van der Waals surface area contributed by atoms with Crippen LogP contribution in [0.3, 0.4) is 0 Å². The second-order valence-corrected chi connectivity index (χ2v) is 6.75. The number of rotatable bonds is 4. The third-order valence-corrected chi connectivity index (χ3v) is 4.57. The van der Waals surface area contributed by atoms with Crippen LogP contribution < -0.4 is 10.2 Å². The van der Waals surface area contributed by atoms with Crippen molar-refractivity contribution in [3.05, 3.63) is 28.7 Å². The molecule has 1 aliphatic carbocycles. The lowest BCUT2D eigenvalue weighted by molar-refractivity contribution is -0.123. The maximum atomic E-state index is 12.3. The first-order chi connectivity index (χ1) is 10.6. The van der Waals surface area contributed by atoms with E-state index < -0.39 is 0 Å².